The van der Waals surface area contributed by atoms with Gasteiger partial charge in [0.25, 0.3) is 5.91 Å². The third-order valence-corrected chi connectivity index (χ3v) is 5.64. The van der Waals surface area contributed by atoms with Crippen LogP contribution in [0.15, 0.2) is 57.8 Å². The van der Waals surface area contributed by atoms with Crippen molar-refractivity contribution in [3.63, 3.8) is 0 Å². The fourth-order valence-electron chi connectivity index (χ4n) is 2.70. The van der Waals surface area contributed by atoms with Crippen molar-refractivity contribution < 1.29 is 22.4 Å². The molecule has 0 aliphatic heterocycles. The molecule has 1 unspecified atom stereocenters. The Hall–Kier alpha value is -2.84. The van der Waals surface area contributed by atoms with E-state index in [1.807, 2.05) is 30.3 Å². The Morgan fingerprint density at radius 2 is 1.89 bits per heavy atom. The Morgan fingerprint density at radius 1 is 1.15 bits per heavy atom. The molecule has 8 heteroatoms. The molecule has 0 fully saturated rings. The van der Waals surface area contributed by atoms with Crippen LogP contribution < -0.4 is 14.8 Å². The lowest BCUT2D eigenvalue weighted by atomic mass is 10.1. The second kappa shape index (κ2) is 7.42. The topological polar surface area (TPSA) is 97.6 Å². The quantitative estimate of drug-likeness (QED) is 0.677. The summed E-state index contributed by atoms with van der Waals surface area (Å²) in [5, 5.41) is 3.76. The maximum atomic E-state index is 12.6. The number of ether oxygens (including phenoxy) is 1. The van der Waals surface area contributed by atoms with Crippen molar-refractivity contribution in [2.75, 3.05) is 14.2 Å². The highest BCUT2D eigenvalue weighted by Gasteiger charge is 2.21. The highest BCUT2D eigenvalue weighted by atomic mass is 32.2. The number of methoxy groups -OCH3 is 1. The molecule has 0 bridgehead atoms. The van der Waals surface area contributed by atoms with Crippen molar-refractivity contribution in [3.8, 4) is 5.75 Å². The van der Waals surface area contributed by atoms with Gasteiger partial charge in [0.2, 0.25) is 10.0 Å². The number of amides is 1. The predicted molar refractivity (Wildman–Crippen MR) is 101 cm³/mol. The van der Waals surface area contributed by atoms with Gasteiger partial charge in [0.1, 0.15) is 22.0 Å². The number of benzene rings is 2. The van der Waals surface area contributed by atoms with Gasteiger partial charge in [-0.25, -0.2) is 13.1 Å². The molecule has 3 rings (SSSR count). The van der Waals surface area contributed by atoms with Crippen molar-refractivity contribution >= 4 is 26.9 Å². The van der Waals surface area contributed by atoms with Crippen molar-refractivity contribution in [1.82, 2.24) is 10.0 Å². The van der Waals surface area contributed by atoms with Gasteiger partial charge in [-0.2, -0.15) is 0 Å². The Bertz CT molecular complexity index is 1060. The Morgan fingerprint density at radius 3 is 2.56 bits per heavy atom. The molecule has 3 aromatic rings. The summed E-state index contributed by atoms with van der Waals surface area (Å²) in [5.74, 6) is 0.352. The maximum absolute atomic E-state index is 12.6. The largest absolute Gasteiger partial charge is 0.495 e. The van der Waals surface area contributed by atoms with E-state index in [9.17, 15) is 13.2 Å². The molecule has 142 valence electrons. The van der Waals surface area contributed by atoms with Gasteiger partial charge in [0.15, 0.2) is 0 Å². The summed E-state index contributed by atoms with van der Waals surface area (Å²) in [6, 6.07) is 13.3. The standard InChI is InChI=1S/C19H20N2O5S/c1-12(17-10-13-6-4-5-7-15(13)26-17)21-19(22)14-8-9-16(25-3)18(11-14)27(23,24)20-2/h4-12,20H,1-3H3,(H,21,22). The van der Waals surface area contributed by atoms with Crippen LogP contribution in [0.1, 0.15) is 29.1 Å². The molecular weight excluding hydrogens is 368 g/mol. The van der Waals surface area contributed by atoms with Crippen LogP contribution in [0.2, 0.25) is 0 Å². The summed E-state index contributed by atoms with van der Waals surface area (Å²) in [7, 11) is -1.10. The number of carbonyl (C=O) groups excluding carboxylic acids is 1. The van der Waals surface area contributed by atoms with Crippen molar-refractivity contribution in [2.24, 2.45) is 0 Å². The van der Waals surface area contributed by atoms with Gasteiger partial charge in [-0.15, -0.1) is 0 Å². The average molecular weight is 388 g/mol. The summed E-state index contributed by atoms with van der Waals surface area (Å²) < 4.78 is 37.4. The van der Waals surface area contributed by atoms with Crippen LogP contribution in [0, 0.1) is 0 Å². The first-order valence-electron chi connectivity index (χ1n) is 8.26. The molecule has 0 aliphatic rings. The molecule has 0 saturated heterocycles. The number of nitrogens with one attached hydrogen (secondary N) is 2. The second-order valence-electron chi connectivity index (χ2n) is 5.95. The van der Waals surface area contributed by atoms with Gasteiger partial charge in [-0.1, -0.05) is 18.2 Å². The summed E-state index contributed by atoms with van der Waals surface area (Å²) in [6.07, 6.45) is 0. The minimum absolute atomic E-state index is 0.100. The minimum atomic E-state index is -3.77. The van der Waals surface area contributed by atoms with E-state index in [0.717, 1.165) is 11.0 Å². The van der Waals surface area contributed by atoms with Crippen LogP contribution in [0.4, 0.5) is 0 Å². The van der Waals surface area contributed by atoms with Gasteiger partial charge in [0.05, 0.1) is 13.2 Å². The first-order chi connectivity index (χ1) is 12.9. The van der Waals surface area contributed by atoms with Gasteiger partial charge in [0, 0.05) is 10.9 Å². The molecule has 2 aromatic carbocycles. The molecule has 1 aromatic heterocycles. The lowest BCUT2D eigenvalue weighted by molar-refractivity contribution is 0.0935. The fraction of sp³-hybridized carbons (Fsp3) is 0.211. The normalized spacial score (nSPS) is 12.7. The van der Waals surface area contributed by atoms with E-state index >= 15 is 0 Å². The predicted octanol–water partition coefficient (Wildman–Crippen LogP) is 2.84. The zero-order valence-electron chi connectivity index (χ0n) is 15.1. The molecule has 1 atom stereocenters. The number of sulfonamides is 1. The number of hydrogen-bond donors (Lipinski definition) is 2. The third kappa shape index (κ3) is 3.81. The van der Waals surface area contributed by atoms with E-state index in [2.05, 4.69) is 10.0 Å². The molecular formula is C19H20N2O5S. The molecule has 27 heavy (non-hydrogen) atoms. The Kier molecular flexibility index (Phi) is 5.20. The number of para-hydroxylation sites is 1. The lowest BCUT2D eigenvalue weighted by Gasteiger charge is -2.13. The van der Waals surface area contributed by atoms with Gasteiger partial charge < -0.3 is 14.5 Å². The highest BCUT2D eigenvalue weighted by molar-refractivity contribution is 7.89. The van der Waals surface area contributed by atoms with Crippen LogP contribution in [0.25, 0.3) is 11.0 Å². The summed E-state index contributed by atoms with van der Waals surface area (Å²) in [4.78, 5) is 12.5. The van der Waals surface area contributed by atoms with Crippen molar-refractivity contribution in [1.29, 1.82) is 0 Å². The SMILES string of the molecule is CNS(=O)(=O)c1cc(C(=O)NC(C)c2cc3ccccc3o2)ccc1OC. The maximum Gasteiger partial charge on any atom is 0.251 e. The molecule has 0 saturated carbocycles. The fourth-order valence-corrected chi connectivity index (χ4v) is 3.62. The monoisotopic (exact) mass is 388 g/mol. The van der Waals surface area contributed by atoms with Crippen LogP contribution in [0.5, 0.6) is 5.75 Å². The summed E-state index contributed by atoms with van der Waals surface area (Å²) >= 11 is 0. The van der Waals surface area contributed by atoms with E-state index in [1.54, 1.807) is 6.92 Å². The first-order valence-corrected chi connectivity index (χ1v) is 9.75. The first kappa shape index (κ1) is 18.9. The molecule has 0 aliphatic carbocycles. The Labute approximate surface area is 157 Å². The van der Waals surface area contributed by atoms with Crippen LogP contribution >= 0.6 is 0 Å². The zero-order chi connectivity index (χ0) is 19.6. The van der Waals surface area contributed by atoms with Gasteiger partial charge in [-0.3, -0.25) is 4.79 Å². The smallest absolute Gasteiger partial charge is 0.251 e. The van der Waals surface area contributed by atoms with Crippen molar-refractivity contribution in [3.05, 3.63) is 59.9 Å². The van der Waals surface area contributed by atoms with Crippen LogP contribution in [-0.2, 0) is 10.0 Å². The van der Waals surface area contributed by atoms with E-state index in [1.165, 1.54) is 32.4 Å². The molecule has 1 heterocycles. The minimum Gasteiger partial charge on any atom is -0.495 e. The van der Waals surface area contributed by atoms with E-state index < -0.39 is 22.0 Å². The molecule has 0 spiro atoms. The number of furan rings is 1. The Balaban J connectivity index is 1.86. The molecule has 1 amide bonds. The lowest BCUT2D eigenvalue weighted by Crippen LogP contribution is -2.27. The van der Waals surface area contributed by atoms with E-state index in [4.69, 9.17) is 9.15 Å². The van der Waals surface area contributed by atoms with E-state index in [0.29, 0.717) is 5.76 Å². The molecule has 0 radical (unpaired) electrons. The van der Waals surface area contributed by atoms with Gasteiger partial charge >= 0.3 is 0 Å². The van der Waals surface area contributed by atoms with Crippen molar-refractivity contribution in [2.45, 2.75) is 17.9 Å². The summed E-state index contributed by atoms with van der Waals surface area (Å²) in [6.45, 7) is 1.80. The second-order valence-corrected chi connectivity index (χ2v) is 7.81. The average Bonchev–Trinajstić information content (AvgIpc) is 3.11. The molecule has 2 N–H and O–H groups in total. The van der Waals surface area contributed by atoms with Crippen LogP contribution in [0.3, 0.4) is 0 Å². The van der Waals surface area contributed by atoms with Crippen LogP contribution in [-0.4, -0.2) is 28.5 Å². The summed E-state index contributed by atoms with van der Waals surface area (Å²) in [5.41, 5.74) is 0.938. The number of hydrogen-bond acceptors (Lipinski definition) is 5. The molecule has 7 nitrogen and oxygen atoms in total. The number of fused-ring (bicyclic) bond motifs is 1. The highest BCUT2D eigenvalue weighted by Crippen LogP contribution is 2.26. The van der Waals surface area contributed by atoms with E-state index in [-0.39, 0.29) is 16.2 Å². The third-order valence-electron chi connectivity index (χ3n) is 4.20. The zero-order valence-corrected chi connectivity index (χ0v) is 16.0. The number of rotatable bonds is 6. The number of carbonyl (C=O) groups is 1. The van der Waals surface area contributed by atoms with Gasteiger partial charge in [-0.05, 0) is 44.3 Å².